The highest BCUT2D eigenvalue weighted by Gasteiger charge is 2.07. The van der Waals surface area contributed by atoms with Crippen molar-refractivity contribution in [2.75, 3.05) is 11.9 Å². The number of nitrogens with zero attached hydrogens (tertiary/aromatic N) is 2. The molecular formula is C11H11N3. The summed E-state index contributed by atoms with van der Waals surface area (Å²) < 4.78 is 0. The molecule has 0 aromatic heterocycles. The van der Waals surface area contributed by atoms with Crippen molar-refractivity contribution in [1.82, 2.24) is 0 Å². The fourth-order valence-electron chi connectivity index (χ4n) is 1.24. The lowest BCUT2D eigenvalue weighted by Gasteiger charge is -2.10. The minimum absolute atomic E-state index is 0.155. The van der Waals surface area contributed by atoms with Gasteiger partial charge in [-0.3, -0.25) is 0 Å². The number of hydrogen-bond acceptors (Lipinski definition) is 3. The van der Waals surface area contributed by atoms with Gasteiger partial charge in [0.2, 0.25) is 0 Å². The van der Waals surface area contributed by atoms with Gasteiger partial charge >= 0.3 is 0 Å². The molecule has 0 saturated heterocycles. The van der Waals surface area contributed by atoms with Crippen LogP contribution < -0.4 is 5.32 Å². The van der Waals surface area contributed by atoms with Crippen LogP contribution in [0.15, 0.2) is 24.3 Å². The zero-order valence-corrected chi connectivity index (χ0v) is 7.99. The van der Waals surface area contributed by atoms with Crippen LogP contribution in [0, 0.1) is 22.7 Å². The highest BCUT2D eigenvalue weighted by molar-refractivity contribution is 5.54. The van der Waals surface area contributed by atoms with E-state index in [4.69, 9.17) is 10.5 Å². The Morgan fingerprint density at radius 3 is 2.71 bits per heavy atom. The van der Waals surface area contributed by atoms with Crippen molar-refractivity contribution in [2.45, 2.75) is 12.8 Å². The van der Waals surface area contributed by atoms with Gasteiger partial charge < -0.3 is 5.32 Å². The van der Waals surface area contributed by atoms with E-state index < -0.39 is 0 Å². The van der Waals surface area contributed by atoms with Gasteiger partial charge in [0.1, 0.15) is 6.54 Å². The first-order valence-corrected chi connectivity index (χ1v) is 4.39. The number of para-hydroxylation sites is 1. The van der Waals surface area contributed by atoms with Crippen molar-refractivity contribution < 1.29 is 0 Å². The Hall–Kier alpha value is -2.00. The van der Waals surface area contributed by atoms with Crippen LogP contribution in [0.5, 0.6) is 0 Å². The van der Waals surface area contributed by atoms with Gasteiger partial charge in [0.25, 0.3) is 0 Å². The van der Waals surface area contributed by atoms with Crippen LogP contribution in [0.3, 0.4) is 0 Å². The van der Waals surface area contributed by atoms with Gasteiger partial charge in [0, 0.05) is 5.69 Å². The minimum atomic E-state index is -0.155. The summed E-state index contributed by atoms with van der Waals surface area (Å²) in [6.45, 7) is 2.10. The van der Waals surface area contributed by atoms with Crippen LogP contribution in [-0.4, -0.2) is 6.54 Å². The summed E-state index contributed by atoms with van der Waals surface area (Å²) in [6.07, 6.45) is 0. The molecule has 0 fully saturated rings. The van der Waals surface area contributed by atoms with Crippen molar-refractivity contribution in [1.29, 1.82) is 10.5 Å². The van der Waals surface area contributed by atoms with E-state index in [1.807, 2.05) is 37.3 Å². The van der Waals surface area contributed by atoms with E-state index in [1.165, 1.54) is 0 Å². The van der Waals surface area contributed by atoms with Gasteiger partial charge in [-0.1, -0.05) is 18.2 Å². The molecule has 0 aliphatic carbocycles. The largest absolute Gasteiger partial charge is 0.372 e. The fraction of sp³-hybridized carbons (Fsp3) is 0.273. The molecule has 1 atom stereocenters. The molecule has 14 heavy (non-hydrogen) atoms. The maximum atomic E-state index is 8.80. The third kappa shape index (κ3) is 2.24. The topological polar surface area (TPSA) is 59.6 Å². The van der Waals surface area contributed by atoms with E-state index in [0.717, 1.165) is 11.3 Å². The molecule has 0 bridgehead atoms. The summed E-state index contributed by atoms with van der Waals surface area (Å²) in [6, 6.07) is 11.7. The predicted molar refractivity (Wildman–Crippen MR) is 54.6 cm³/mol. The van der Waals surface area contributed by atoms with Crippen molar-refractivity contribution in [2.24, 2.45) is 0 Å². The molecule has 0 aliphatic rings. The first-order valence-electron chi connectivity index (χ1n) is 4.39. The third-order valence-corrected chi connectivity index (χ3v) is 1.98. The standard InChI is InChI=1S/C11H11N3/c1-9(8-13)10-4-2-3-5-11(10)14-7-6-12/h2-5,9,14H,7H2,1H3. The molecule has 1 aromatic rings. The lowest BCUT2D eigenvalue weighted by molar-refractivity contribution is 0.981. The minimum Gasteiger partial charge on any atom is -0.372 e. The predicted octanol–water partition coefficient (Wildman–Crippen LogP) is 2.25. The molecule has 3 heteroatoms. The van der Waals surface area contributed by atoms with Gasteiger partial charge in [0.15, 0.2) is 0 Å². The second kappa shape index (κ2) is 4.89. The van der Waals surface area contributed by atoms with Gasteiger partial charge in [0.05, 0.1) is 18.1 Å². The first kappa shape index (κ1) is 10.1. The number of benzene rings is 1. The maximum absolute atomic E-state index is 8.80. The Morgan fingerprint density at radius 2 is 2.07 bits per heavy atom. The molecule has 0 saturated carbocycles. The number of hydrogen-bond donors (Lipinski definition) is 1. The number of anilines is 1. The van der Waals surface area contributed by atoms with Crippen LogP contribution >= 0.6 is 0 Å². The zero-order valence-electron chi connectivity index (χ0n) is 7.99. The van der Waals surface area contributed by atoms with Gasteiger partial charge in [-0.25, -0.2) is 0 Å². The lowest BCUT2D eigenvalue weighted by atomic mass is 10.0. The summed E-state index contributed by atoms with van der Waals surface area (Å²) in [4.78, 5) is 0. The Morgan fingerprint density at radius 1 is 1.36 bits per heavy atom. The molecule has 1 rings (SSSR count). The molecule has 1 N–H and O–H groups in total. The number of nitrogens with one attached hydrogen (secondary N) is 1. The monoisotopic (exact) mass is 185 g/mol. The summed E-state index contributed by atoms with van der Waals surface area (Å²) in [7, 11) is 0. The highest BCUT2D eigenvalue weighted by atomic mass is 14.9. The SMILES string of the molecule is CC(C#N)c1ccccc1NCC#N. The Bertz CT molecular complexity index is 384. The van der Waals surface area contributed by atoms with Crippen LogP contribution in [0.2, 0.25) is 0 Å². The second-order valence-electron chi connectivity index (χ2n) is 2.95. The van der Waals surface area contributed by atoms with E-state index in [2.05, 4.69) is 11.4 Å². The van der Waals surface area contributed by atoms with E-state index in [-0.39, 0.29) is 12.5 Å². The maximum Gasteiger partial charge on any atom is 0.103 e. The number of nitriles is 2. The first-order chi connectivity index (χ1) is 6.79. The average Bonchev–Trinajstić information content (AvgIpc) is 2.25. The number of rotatable bonds is 3. The van der Waals surface area contributed by atoms with Gasteiger partial charge in [-0.2, -0.15) is 10.5 Å². The molecule has 70 valence electrons. The van der Waals surface area contributed by atoms with E-state index in [1.54, 1.807) is 0 Å². The Labute approximate surface area is 83.6 Å². The summed E-state index contributed by atoms with van der Waals surface area (Å²) in [5.74, 6) is -0.155. The third-order valence-electron chi connectivity index (χ3n) is 1.98. The summed E-state index contributed by atoms with van der Waals surface area (Å²) in [5.41, 5.74) is 1.80. The lowest BCUT2D eigenvalue weighted by Crippen LogP contribution is -2.03. The smallest absolute Gasteiger partial charge is 0.103 e. The summed E-state index contributed by atoms with van der Waals surface area (Å²) in [5, 5.41) is 20.2. The van der Waals surface area contributed by atoms with Gasteiger partial charge in [-0.15, -0.1) is 0 Å². The second-order valence-corrected chi connectivity index (χ2v) is 2.95. The molecule has 0 spiro atoms. The fourth-order valence-corrected chi connectivity index (χ4v) is 1.24. The molecule has 0 heterocycles. The normalized spacial score (nSPS) is 11.1. The molecule has 1 aromatic carbocycles. The van der Waals surface area contributed by atoms with Crippen LogP contribution in [0.1, 0.15) is 18.4 Å². The van der Waals surface area contributed by atoms with E-state index in [9.17, 15) is 0 Å². The van der Waals surface area contributed by atoms with Crippen LogP contribution in [-0.2, 0) is 0 Å². The van der Waals surface area contributed by atoms with Crippen LogP contribution in [0.4, 0.5) is 5.69 Å². The van der Waals surface area contributed by atoms with Crippen molar-refractivity contribution >= 4 is 5.69 Å². The quantitative estimate of drug-likeness (QED) is 0.734. The molecule has 0 aliphatic heterocycles. The molecule has 0 radical (unpaired) electrons. The van der Waals surface area contributed by atoms with Crippen molar-refractivity contribution in [3.8, 4) is 12.1 Å². The average molecular weight is 185 g/mol. The Balaban J connectivity index is 2.93. The van der Waals surface area contributed by atoms with Crippen molar-refractivity contribution in [3.05, 3.63) is 29.8 Å². The molecule has 3 nitrogen and oxygen atoms in total. The molecule has 0 amide bonds. The molecular weight excluding hydrogens is 174 g/mol. The highest BCUT2D eigenvalue weighted by Crippen LogP contribution is 2.23. The molecule has 1 unspecified atom stereocenters. The van der Waals surface area contributed by atoms with E-state index >= 15 is 0 Å². The van der Waals surface area contributed by atoms with Gasteiger partial charge in [-0.05, 0) is 18.6 Å². The summed E-state index contributed by atoms with van der Waals surface area (Å²) >= 11 is 0. The Kier molecular flexibility index (Phi) is 3.52. The van der Waals surface area contributed by atoms with E-state index in [0.29, 0.717) is 0 Å². The zero-order chi connectivity index (χ0) is 10.4. The van der Waals surface area contributed by atoms with Crippen molar-refractivity contribution in [3.63, 3.8) is 0 Å². The van der Waals surface area contributed by atoms with Crippen LogP contribution in [0.25, 0.3) is 0 Å².